The summed E-state index contributed by atoms with van der Waals surface area (Å²) in [6.07, 6.45) is 5.67. The number of amides is 1. The maximum absolute atomic E-state index is 12.6. The normalized spacial score (nSPS) is 23.1. The van der Waals surface area contributed by atoms with E-state index in [-0.39, 0.29) is 24.2 Å². The van der Waals surface area contributed by atoms with Gasteiger partial charge in [-0.3, -0.25) is 15.0 Å². The third-order valence-electron chi connectivity index (χ3n) is 5.49. The highest BCUT2D eigenvalue weighted by atomic mass is 32.1. The molecule has 0 radical (unpaired) electrons. The van der Waals surface area contributed by atoms with Crippen LogP contribution >= 0.6 is 11.3 Å². The molecule has 7 heteroatoms. The predicted molar refractivity (Wildman–Crippen MR) is 109 cm³/mol. The summed E-state index contributed by atoms with van der Waals surface area (Å²) < 4.78 is 7.12. The van der Waals surface area contributed by atoms with Gasteiger partial charge < -0.3 is 4.74 Å². The van der Waals surface area contributed by atoms with E-state index in [2.05, 4.69) is 31.2 Å². The lowest BCUT2D eigenvalue weighted by molar-refractivity contribution is -0.127. The molecular weight excluding hydrogens is 362 g/mol. The molecule has 148 valence electrons. The lowest BCUT2D eigenvalue weighted by Crippen LogP contribution is -2.39. The zero-order chi connectivity index (χ0) is 19.6. The van der Waals surface area contributed by atoms with Crippen molar-refractivity contribution in [1.29, 1.82) is 0 Å². The first kappa shape index (κ1) is 20.0. The van der Waals surface area contributed by atoms with Crippen LogP contribution in [0.25, 0.3) is 10.2 Å². The molecule has 1 saturated carbocycles. The van der Waals surface area contributed by atoms with Crippen LogP contribution in [-0.2, 0) is 16.0 Å². The van der Waals surface area contributed by atoms with Gasteiger partial charge in [-0.2, -0.15) is 0 Å². The van der Waals surface area contributed by atoms with Crippen molar-refractivity contribution >= 4 is 27.5 Å². The lowest BCUT2D eigenvalue weighted by Gasteiger charge is -2.37. The standard InChI is InChI=1S/C20H29N3O3S/c1-5-14-9-16-19(27-14)21-11-23(20(16)25)22-18(24)10-26-17-8-13(4)6-7-15(17)12(2)3/h9,11-13,15,17H,5-8,10H2,1-4H3,(H,22,24)/t13-,15+,17-/m1/s1. The molecule has 1 amide bonds. The van der Waals surface area contributed by atoms with Gasteiger partial charge in [0.2, 0.25) is 0 Å². The number of hydrogen-bond acceptors (Lipinski definition) is 5. The van der Waals surface area contributed by atoms with Crippen LogP contribution in [0.15, 0.2) is 17.2 Å². The third-order valence-corrected chi connectivity index (χ3v) is 6.67. The van der Waals surface area contributed by atoms with E-state index in [1.165, 1.54) is 24.1 Å². The molecule has 0 aromatic carbocycles. The van der Waals surface area contributed by atoms with E-state index in [4.69, 9.17) is 4.74 Å². The fraction of sp³-hybridized carbons (Fsp3) is 0.650. The number of carbonyl (C=O) groups is 1. The van der Waals surface area contributed by atoms with Crippen LogP contribution in [0.5, 0.6) is 0 Å². The minimum absolute atomic E-state index is 0.0467. The number of nitrogens with one attached hydrogen (secondary N) is 1. The summed E-state index contributed by atoms with van der Waals surface area (Å²) in [5.41, 5.74) is 2.35. The third kappa shape index (κ3) is 4.58. The Morgan fingerprint density at radius 1 is 1.44 bits per heavy atom. The van der Waals surface area contributed by atoms with Gasteiger partial charge in [-0.25, -0.2) is 9.66 Å². The molecule has 0 bridgehead atoms. The number of rotatable bonds is 6. The summed E-state index contributed by atoms with van der Waals surface area (Å²) in [4.78, 5) is 31.0. The van der Waals surface area contributed by atoms with E-state index in [1.54, 1.807) is 0 Å². The molecule has 3 atom stereocenters. The highest BCUT2D eigenvalue weighted by Crippen LogP contribution is 2.35. The number of thiophene rings is 1. The number of fused-ring (bicyclic) bond motifs is 1. The molecule has 1 fully saturated rings. The quantitative estimate of drug-likeness (QED) is 0.817. The minimum Gasteiger partial charge on any atom is -0.368 e. The molecular formula is C20H29N3O3S. The lowest BCUT2D eigenvalue weighted by atomic mass is 9.75. The Bertz CT molecular complexity index is 858. The zero-order valence-electron chi connectivity index (χ0n) is 16.5. The molecule has 1 N–H and O–H groups in total. The largest absolute Gasteiger partial charge is 0.368 e. The first-order valence-electron chi connectivity index (χ1n) is 9.80. The molecule has 6 nitrogen and oxygen atoms in total. The van der Waals surface area contributed by atoms with Crippen LogP contribution in [0, 0.1) is 17.8 Å². The van der Waals surface area contributed by atoms with E-state index in [0.29, 0.717) is 28.0 Å². The monoisotopic (exact) mass is 391 g/mol. The molecule has 1 aliphatic carbocycles. The van der Waals surface area contributed by atoms with Gasteiger partial charge in [0.25, 0.3) is 11.5 Å². The summed E-state index contributed by atoms with van der Waals surface area (Å²) in [5.74, 6) is 1.30. The van der Waals surface area contributed by atoms with Gasteiger partial charge in [-0.05, 0) is 43.1 Å². The van der Waals surface area contributed by atoms with E-state index >= 15 is 0 Å². The predicted octanol–water partition coefficient (Wildman–Crippen LogP) is 3.57. The van der Waals surface area contributed by atoms with Crippen molar-refractivity contribution in [3.63, 3.8) is 0 Å². The SMILES string of the molecule is CCc1cc2c(=O)n(NC(=O)CO[C@@H]3C[C@H](C)CC[C@H]3C(C)C)cnc2s1. The Balaban J connectivity index is 1.64. The molecule has 3 rings (SSSR count). The van der Waals surface area contributed by atoms with Crippen molar-refractivity contribution in [1.82, 2.24) is 9.66 Å². The second kappa shape index (κ2) is 8.52. The van der Waals surface area contributed by atoms with Gasteiger partial charge in [0, 0.05) is 4.88 Å². The van der Waals surface area contributed by atoms with Crippen molar-refractivity contribution in [3.05, 3.63) is 27.6 Å². The first-order chi connectivity index (χ1) is 12.9. The molecule has 0 unspecified atom stereocenters. The molecule has 0 spiro atoms. The van der Waals surface area contributed by atoms with Crippen LogP contribution in [0.1, 0.15) is 51.8 Å². The topological polar surface area (TPSA) is 73.2 Å². The maximum atomic E-state index is 12.6. The highest BCUT2D eigenvalue weighted by Gasteiger charge is 2.31. The van der Waals surface area contributed by atoms with Gasteiger partial charge in [-0.15, -0.1) is 11.3 Å². The van der Waals surface area contributed by atoms with E-state index in [1.807, 2.05) is 13.0 Å². The molecule has 0 saturated heterocycles. The van der Waals surface area contributed by atoms with Gasteiger partial charge >= 0.3 is 0 Å². The summed E-state index contributed by atoms with van der Waals surface area (Å²) in [6.45, 7) is 8.65. The summed E-state index contributed by atoms with van der Waals surface area (Å²) in [6, 6.07) is 1.85. The average molecular weight is 392 g/mol. The van der Waals surface area contributed by atoms with Crippen molar-refractivity contribution in [2.75, 3.05) is 12.0 Å². The smallest absolute Gasteiger partial charge is 0.280 e. The fourth-order valence-corrected chi connectivity index (χ4v) is 4.81. The number of carbonyl (C=O) groups excluding carboxylic acids is 1. The zero-order valence-corrected chi connectivity index (χ0v) is 17.3. The highest BCUT2D eigenvalue weighted by molar-refractivity contribution is 7.18. The molecule has 2 aromatic heterocycles. The summed E-state index contributed by atoms with van der Waals surface area (Å²) >= 11 is 1.51. The van der Waals surface area contributed by atoms with E-state index < -0.39 is 0 Å². The number of hydrogen-bond donors (Lipinski definition) is 1. The van der Waals surface area contributed by atoms with Crippen LogP contribution in [0.2, 0.25) is 0 Å². The van der Waals surface area contributed by atoms with Gasteiger partial charge in [0.05, 0.1) is 11.5 Å². The van der Waals surface area contributed by atoms with E-state index in [0.717, 1.165) is 28.8 Å². The van der Waals surface area contributed by atoms with E-state index in [9.17, 15) is 9.59 Å². The number of aryl methyl sites for hydroxylation is 1. The van der Waals surface area contributed by atoms with Gasteiger partial charge in [0.15, 0.2) is 0 Å². The fourth-order valence-electron chi connectivity index (χ4n) is 3.88. The minimum atomic E-state index is -0.329. The first-order valence-corrected chi connectivity index (χ1v) is 10.6. The molecule has 27 heavy (non-hydrogen) atoms. The number of ether oxygens (including phenoxy) is 1. The van der Waals surface area contributed by atoms with Gasteiger partial charge in [-0.1, -0.05) is 34.1 Å². The second-order valence-corrected chi connectivity index (χ2v) is 9.03. The Kier molecular flexibility index (Phi) is 6.32. The van der Waals surface area contributed by atoms with Crippen LogP contribution in [-0.4, -0.2) is 28.3 Å². The molecule has 1 aliphatic rings. The summed E-state index contributed by atoms with van der Waals surface area (Å²) in [7, 11) is 0. The number of nitrogens with zero attached hydrogens (tertiary/aromatic N) is 2. The second-order valence-electron chi connectivity index (χ2n) is 7.92. The number of aromatic nitrogens is 2. The van der Waals surface area contributed by atoms with Crippen LogP contribution < -0.4 is 11.0 Å². The van der Waals surface area contributed by atoms with Crippen molar-refractivity contribution < 1.29 is 9.53 Å². The Morgan fingerprint density at radius 2 is 2.22 bits per heavy atom. The Morgan fingerprint density at radius 3 is 2.93 bits per heavy atom. The average Bonchev–Trinajstić information content (AvgIpc) is 3.06. The molecule has 2 aromatic rings. The Labute approximate surface area is 163 Å². The molecule has 0 aliphatic heterocycles. The maximum Gasteiger partial charge on any atom is 0.280 e. The van der Waals surface area contributed by atoms with Crippen LogP contribution in [0.4, 0.5) is 0 Å². The molecule has 2 heterocycles. The Hall–Kier alpha value is -1.73. The van der Waals surface area contributed by atoms with Crippen molar-refractivity contribution in [2.45, 2.75) is 59.5 Å². The van der Waals surface area contributed by atoms with Crippen molar-refractivity contribution in [3.8, 4) is 0 Å². The summed E-state index contributed by atoms with van der Waals surface area (Å²) in [5, 5.41) is 0.543. The van der Waals surface area contributed by atoms with Gasteiger partial charge in [0.1, 0.15) is 17.8 Å². The van der Waals surface area contributed by atoms with Crippen molar-refractivity contribution in [2.24, 2.45) is 17.8 Å². The van der Waals surface area contributed by atoms with Crippen LogP contribution in [0.3, 0.4) is 0 Å².